The zero-order valence-electron chi connectivity index (χ0n) is 7.09. The van der Waals surface area contributed by atoms with Crippen LogP contribution in [0, 0.1) is 47.3 Å². The van der Waals surface area contributed by atoms with Crippen LogP contribution in [-0.4, -0.2) is 18.0 Å². The molecule has 2 aliphatic heterocycles. The van der Waals surface area contributed by atoms with Gasteiger partial charge in [-0.1, -0.05) is 0 Å². The van der Waals surface area contributed by atoms with Crippen molar-refractivity contribution in [2.45, 2.75) is 12.2 Å². The van der Waals surface area contributed by atoms with Crippen molar-refractivity contribution in [3.05, 3.63) is 0 Å². The van der Waals surface area contributed by atoms with Gasteiger partial charge in [0.1, 0.15) is 5.78 Å². The van der Waals surface area contributed by atoms with E-state index in [4.69, 9.17) is 4.74 Å². The molecular weight excluding hydrogens is 164 g/mol. The lowest BCUT2D eigenvalue weighted by atomic mass is 9.60. The molecule has 2 saturated heterocycles. The second kappa shape index (κ2) is 1.16. The molecule has 7 rings (SSSR count). The first-order valence-electron chi connectivity index (χ1n) is 5.59. The lowest BCUT2D eigenvalue weighted by Gasteiger charge is -2.42. The molecule has 10 atom stereocenters. The Kier molecular flexibility index (Phi) is 0.491. The molecule has 0 N–H and O–H groups in total. The van der Waals surface area contributed by atoms with E-state index in [9.17, 15) is 4.79 Å². The van der Waals surface area contributed by atoms with Crippen molar-refractivity contribution < 1.29 is 9.53 Å². The van der Waals surface area contributed by atoms with E-state index in [0.29, 0.717) is 41.7 Å². The first-order chi connectivity index (χ1) is 6.39. The van der Waals surface area contributed by atoms with Gasteiger partial charge < -0.3 is 4.74 Å². The molecule has 7 fully saturated rings. The predicted molar refractivity (Wildman–Crippen MR) is 41.6 cm³/mol. The molecule has 0 unspecified atom stereocenters. The Morgan fingerprint density at radius 2 is 1.31 bits per heavy atom. The Labute approximate surface area is 75.6 Å². The van der Waals surface area contributed by atoms with E-state index in [0.717, 1.165) is 23.7 Å². The number of carbonyl (C=O) groups excluding carboxylic acids is 1. The molecule has 0 spiro atoms. The molecule has 2 heterocycles. The summed E-state index contributed by atoms with van der Waals surface area (Å²) in [5.74, 6) is 6.33. The van der Waals surface area contributed by atoms with Crippen molar-refractivity contribution in [1.29, 1.82) is 0 Å². The van der Waals surface area contributed by atoms with Crippen LogP contribution < -0.4 is 0 Å². The largest absolute Gasteiger partial charge is 0.374 e. The number of ketones is 1. The molecule has 5 saturated carbocycles. The van der Waals surface area contributed by atoms with Gasteiger partial charge in [-0.15, -0.1) is 0 Å². The van der Waals surface area contributed by atoms with Crippen LogP contribution >= 0.6 is 0 Å². The lowest BCUT2D eigenvalue weighted by molar-refractivity contribution is -0.122. The van der Waals surface area contributed by atoms with Crippen LogP contribution in [0.15, 0.2) is 0 Å². The van der Waals surface area contributed by atoms with Gasteiger partial charge in [0.2, 0.25) is 0 Å². The first-order valence-corrected chi connectivity index (χ1v) is 5.59. The van der Waals surface area contributed by atoms with Gasteiger partial charge in [0.05, 0.1) is 12.2 Å². The number of ether oxygens (including phenoxy) is 1. The summed E-state index contributed by atoms with van der Waals surface area (Å²) in [4.78, 5) is 12.0. The summed E-state index contributed by atoms with van der Waals surface area (Å²) in [7, 11) is 0. The number of carbonyl (C=O) groups is 1. The van der Waals surface area contributed by atoms with E-state index in [1.165, 1.54) is 0 Å². The summed E-state index contributed by atoms with van der Waals surface area (Å²) in [6.07, 6.45) is 1.09. The predicted octanol–water partition coefficient (Wildman–Crippen LogP) is 0.321. The van der Waals surface area contributed by atoms with E-state index >= 15 is 0 Å². The molecule has 0 aromatic heterocycles. The van der Waals surface area contributed by atoms with Crippen molar-refractivity contribution in [3.8, 4) is 0 Å². The fraction of sp³-hybridized carbons (Fsp3) is 0.909. The van der Waals surface area contributed by atoms with Gasteiger partial charge in [-0.25, -0.2) is 0 Å². The van der Waals surface area contributed by atoms with Crippen LogP contribution in [0.1, 0.15) is 0 Å². The SMILES string of the molecule is O=C1[C@@H]2[C@H]3[C@@H]4[C@@H]5O[C@@H]6[C@@H]4[C@H]3[C@H]1[C@@H]6[C@@H]52. The van der Waals surface area contributed by atoms with Crippen LogP contribution in [-0.2, 0) is 9.53 Å². The Bertz CT molecular complexity index is 352. The quantitative estimate of drug-likeness (QED) is 0.528. The maximum atomic E-state index is 12.0. The molecular formula is C11H10O2. The second-order valence-corrected chi connectivity index (χ2v) is 5.98. The van der Waals surface area contributed by atoms with Gasteiger partial charge in [-0.2, -0.15) is 0 Å². The Morgan fingerprint density at radius 1 is 0.769 bits per heavy atom. The fourth-order valence-electron chi connectivity index (χ4n) is 6.59. The van der Waals surface area contributed by atoms with Crippen molar-refractivity contribution in [3.63, 3.8) is 0 Å². The molecule has 0 aromatic rings. The maximum Gasteiger partial charge on any atom is 0.140 e. The normalized spacial score (nSPS) is 87.8. The van der Waals surface area contributed by atoms with Crippen molar-refractivity contribution in [1.82, 2.24) is 0 Å². The summed E-state index contributed by atoms with van der Waals surface area (Å²) >= 11 is 0. The third-order valence-corrected chi connectivity index (χ3v) is 6.37. The molecule has 2 nitrogen and oxygen atoms in total. The molecule has 4 bridgehead atoms. The molecule has 0 aromatic carbocycles. The van der Waals surface area contributed by atoms with Crippen LogP contribution in [0.25, 0.3) is 0 Å². The summed E-state index contributed by atoms with van der Waals surface area (Å²) in [5.41, 5.74) is 0. The van der Waals surface area contributed by atoms with E-state index in [1.807, 2.05) is 0 Å². The summed E-state index contributed by atoms with van der Waals surface area (Å²) in [6, 6.07) is 0. The van der Waals surface area contributed by atoms with E-state index < -0.39 is 0 Å². The standard InChI is InChI=1S/C11H10O2/c12-9-3-1-2-4(9)8-7(3)10-5(1)6(2)11(8)13-10/h1-8,10-11H/t1-,2+,3+,4-,5-,6+,7-,8+,10-,11+. The second-order valence-electron chi connectivity index (χ2n) is 5.98. The number of hydrogen-bond donors (Lipinski definition) is 0. The molecule has 5 aliphatic carbocycles. The van der Waals surface area contributed by atoms with Gasteiger partial charge in [-0.05, 0) is 23.7 Å². The van der Waals surface area contributed by atoms with Crippen molar-refractivity contribution in [2.75, 3.05) is 0 Å². The highest BCUT2D eigenvalue weighted by atomic mass is 16.5. The third kappa shape index (κ3) is 0.266. The zero-order chi connectivity index (χ0) is 8.06. The Morgan fingerprint density at radius 3 is 1.85 bits per heavy atom. The third-order valence-electron chi connectivity index (χ3n) is 6.37. The van der Waals surface area contributed by atoms with Crippen LogP contribution in [0.4, 0.5) is 0 Å². The Balaban J connectivity index is 1.84. The molecule has 0 radical (unpaired) electrons. The number of rotatable bonds is 0. The van der Waals surface area contributed by atoms with Gasteiger partial charge in [0, 0.05) is 23.7 Å². The van der Waals surface area contributed by atoms with Gasteiger partial charge in [0.25, 0.3) is 0 Å². The van der Waals surface area contributed by atoms with Crippen molar-refractivity contribution in [2.24, 2.45) is 47.3 Å². The monoisotopic (exact) mass is 174 g/mol. The minimum absolute atomic E-state index is 0.485. The summed E-state index contributed by atoms with van der Waals surface area (Å²) < 4.78 is 6.06. The van der Waals surface area contributed by atoms with Crippen LogP contribution in [0.3, 0.4) is 0 Å². The maximum absolute atomic E-state index is 12.0. The number of hydrogen-bond acceptors (Lipinski definition) is 2. The minimum Gasteiger partial charge on any atom is -0.374 e. The van der Waals surface area contributed by atoms with Crippen LogP contribution in [0.2, 0.25) is 0 Å². The summed E-state index contributed by atoms with van der Waals surface area (Å²) in [6.45, 7) is 0. The molecule has 66 valence electrons. The van der Waals surface area contributed by atoms with E-state index in [-0.39, 0.29) is 0 Å². The van der Waals surface area contributed by atoms with Gasteiger partial charge >= 0.3 is 0 Å². The van der Waals surface area contributed by atoms with Crippen molar-refractivity contribution >= 4 is 5.78 Å². The molecule has 13 heavy (non-hydrogen) atoms. The Hall–Kier alpha value is -0.370. The molecule has 0 amide bonds. The fourth-order valence-corrected chi connectivity index (χ4v) is 6.59. The average Bonchev–Trinajstić information content (AvgIpc) is 2.65. The first kappa shape index (κ1) is 5.50. The van der Waals surface area contributed by atoms with E-state index in [2.05, 4.69) is 0 Å². The topological polar surface area (TPSA) is 26.3 Å². The number of Topliss-reactive ketones (excluding diaryl/α,β-unsaturated/α-hetero) is 1. The highest BCUT2D eigenvalue weighted by molar-refractivity contribution is 5.92. The van der Waals surface area contributed by atoms with Gasteiger partial charge in [0.15, 0.2) is 0 Å². The van der Waals surface area contributed by atoms with Gasteiger partial charge in [-0.3, -0.25) is 4.79 Å². The smallest absolute Gasteiger partial charge is 0.140 e. The summed E-state index contributed by atoms with van der Waals surface area (Å²) in [5, 5.41) is 0. The van der Waals surface area contributed by atoms with E-state index in [1.54, 1.807) is 0 Å². The average molecular weight is 174 g/mol. The highest BCUT2D eigenvalue weighted by Crippen LogP contribution is 2.86. The molecule has 2 heteroatoms. The highest BCUT2D eigenvalue weighted by Gasteiger charge is 2.90. The lowest BCUT2D eigenvalue weighted by Crippen LogP contribution is -2.43. The zero-order valence-corrected chi connectivity index (χ0v) is 7.09. The minimum atomic E-state index is 0.485. The molecule has 7 aliphatic rings. The van der Waals surface area contributed by atoms with Crippen LogP contribution in [0.5, 0.6) is 0 Å².